The summed E-state index contributed by atoms with van der Waals surface area (Å²) in [5.74, 6) is 0. The van der Waals surface area contributed by atoms with Crippen molar-refractivity contribution in [1.29, 1.82) is 0 Å². The van der Waals surface area contributed by atoms with Gasteiger partial charge in [-0.1, -0.05) is 0 Å². The van der Waals surface area contributed by atoms with Crippen LogP contribution >= 0.6 is 0 Å². The lowest BCUT2D eigenvalue weighted by Gasteiger charge is -2.22. The highest BCUT2D eigenvalue weighted by molar-refractivity contribution is 4.95. The number of nitrogens with one attached hydrogen (secondary N) is 1. The quantitative estimate of drug-likeness (QED) is 0.554. The third kappa shape index (κ3) is 2.08. The SMILES string of the molecule is OCC(O)CNC1CCN2CCCC12. The van der Waals surface area contributed by atoms with Crippen LogP contribution in [0.5, 0.6) is 0 Å². The van der Waals surface area contributed by atoms with Gasteiger partial charge >= 0.3 is 0 Å². The van der Waals surface area contributed by atoms with E-state index in [1.165, 1.54) is 32.4 Å². The number of aliphatic hydroxyl groups is 2. The third-order valence-electron chi connectivity index (χ3n) is 3.43. The molecule has 4 heteroatoms. The Labute approximate surface area is 84.9 Å². The molecule has 0 amide bonds. The van der Waals surface area contributed by atoms with Crippen LogP contribution < -0.4 is 5.32 Å². The fourth-order valence-electron chi connectivity index (χ4n) is 2.67. The highest BCUT2D eigenvalue weighted by Gasteiger charge is 2.36. The highest BCUT2D eigenvalue weighted by Crippen LogP contribution is 2.27. The summed E-state index contributed by atoms with van der Waals surface area (Å²) in [6.07, 6.45) is 3.17. The van der Waals surface area contributed by atoms with Crippen molar-refractivity contribution in [3.63, 3.8) is 0 Å². The van der Waals surface area contributed by atoms with Gasteiger partial charge in [0, 0.05) is 25.2 Å². The fourth-order valence-corrected chi connectivity index (χ4v) is 2.67. The molecule has 3 N–H and O–H groups in total. The average Bonchev–Trinajstić information content (AvgIpc) is 2.76. The van der Waals surface area contributed by atoms with Gasteiger partial charge in [0.05, 0.1) is 12.7 Å². The zero-order valence-electron chi connectivity index (χ0n) is 8.52. The van der Waals surface area contributed by atoms with Crippen molar-refractivity contribution in [3.8, 4) is 0 Å². The van der Waals surface area contributed by atoms with E-state index >= 15 is 0 Å². The topological polar surface area (TPSA) is 55.7 Å². The number of rotatable bonds is 4. The first kappa shape index (κ1) is 10.4. The van der Waals surface area contributed by atoms with Crippen LogP contribution in [0.1, 0.15) is 19.3 Å². The van der Waals surface area contributed by atoms with Crippen LogP contribution in [0.3, 0.4) is 0 Å². The predicted octanol–water partition coefficient (Wildman–Crippen LogP) is -0.834. The molecule has 0 aromatic carbocycles. The lowest BCUT2D eigenvalue weighted by molar-refractivity contribution is 0.0907. The number of nitrogens with zero attached hydrogens (tertiary/aromatic N) is 1. The normalized spacial score (nSPS) is 34.7. The van der Waals surface area contributed by atoms with Gasteiger partial charge in [-0.2, -0.15) is 0 Å². The van der Waals surface area contributed by atoms with E-state index in [4.69, 9.17) is 5.11 Å². The molecule has 0 spiro atoms. The lowest BCUT2D eigenvalue weighted by Crippen LogP contribution is -2.43. The zero-order chi connectivity index (χ0) is 9.97. The molecule has 0 bridgehead atoms. The molecule has 0 aromatic heterocycles. The first-order chi connectivity index (χ1) is 6.81. The molecule has 0 radical (unpaired) electrons. The van der Waals surface area contributed by atoms with Crippen molar-refractivity contribution in [2.75, 3.05) is 26.2 Å². The van der Waals surface area contributed by atoms with E-state index < -0.39 is 6.10 Å². The van der Waals surface area contributed by atoms with E-state index in [1.807, 2.05) is 0 Å². The molecule has 2 heterocycles. The van der Waals surface area contributed by atoms with Crippen LogP contribution in [-0.2, 0) is 0 Å². The van der Waals surface area contributed by atoms with Gasteiger partial charge < -0.3 is 15.5 Å². The van der Waals surface area contributed by atoms with Crippen molar-refractivity contribution in [2.24, 2.45) is 0 Å². The number of hydrogen-bond acceptors (Lipinski definition) is 4. The van der Waals surface area contributed by atoms with Gasteiger partial charge in [-0.25, -0.2) is 0 Å². The van der Waals surface area contributed by atoms with Gasteiger partial charge in [0.25, 0.3) is 0 Å². The molecule has 0 saturated carbocycles. The first-order valence-corrected chi connectivity index (χ1v) is 5.57. The van der Waals surface area contributed by atoms with Gasteiger partial charge in [0.1, 0.15) is 0 Å². The second-order valence-electron chi connectivity index (χ2n) is 4.39. The monoisotopic (exact) mass is 200 g/mol. The average molecular weight is 200 g/mol. The van der Waals surface area contributed by atoms with Crippen molar-refractivity contribution in [2.45, 2.75) is 37.5 Å². The van der Waals surface area contributed by atoms with E-state index in [0.717, 1.165) is 0 Å². The molecular weight excluding hydrogens is 180 g/mol. The molecule has 2 aliphatic rings. The molecule has 3 atom stereocenters. The fraction of sp³-hybridized carbons (Fsp3) is 1.00. The minimum Gasteiger partial charge on any atom is -0.394 e. The Morgan fingerprint density at radius 3 is 3.00 bits per heavy atom. The van der Waals surface area contributed by atoms with Crippen molar-refractivity contribution >= 4 is 0 Å². The summed E-state index contributed by atoms with van der Waals surface area (Å²) >= 11 is 0. The van der Waals surface area contributed by atoms with Gasteiger partial charge in [0.2, 0.25) is 0 Å². The zero-order valence-corrected chi connectivity index (χ0v) is 8.52. The van der Waals surface area contributed by atoms with Crippen molar-refractivity contribution in [1.82, 2.24) is 10.2 Å². The maximum Gasteiger partial charge on any atom is 0.0895 e. The molecular formula is C10H20N2O2. The van der Waals surface area contributed by atoms with E-state index in [9.17, 15) is 5.11 Å². The molecule has 3 unspecified atom stereocenters. The smallest absolute Gasteiger partial charge is 0.0895 e. The standard InChI is InChI=1S/C10H20N2O2/c13-7-8(14)6-11-9-3-5-12-4-1-2-10(9)12/h8-11,13-14H,1-7H2. The second-order valence-corrected chi connectivity index (χ2v) is 4.39. The Bertz CT molecular complexity index is 189. The maximum atomic E-state index is 9.23. The largest absolute Gasteiger partial charge is 0.394 e. The van der Waals surface area contributed by atoms with E-state index in [2.05, 4.69) is 10.2 Å². The lowest BCUT2D eigenvalue weighted by atomic mass is 10.1. The third-order valence-corrected chi connectivity index (χ3v) is 3.43. The number of fused-ring (bicyclic) bond motifs is 1. The molecule has 82 valence electrons. The molecule has 0 aliphatic carbocycles. The second kappa shape index (κ2) is 4.57. The minimum absolute atomic E-state index is 0.145. The van der Waals surface area contributed by atoms with Crippen LogP contribution in [-0.4, -0.2) is 59.5 Å². The predicted molar refractivity (Wildman–Crippen MR) is 54.1 cm³/mol. The van der Waals surface area contributed by atoms with E-state index in [0.29, 0.717) is 18.6 Å². The molecule has 2 saturated heterocycles. The molecule has 14 heavy (non-hydrogen) atoms. The molecule has 2 aliphatic heterocycles. The van der Waals surface area contributed by atoms with Gasteiger partial charge in [-0.3, -0.25) is 4.90 Å². The van der Waals surface area contributed by atoms with Gasteiger partial charge in [-0.05, 0) is 25.8 Å². The van der Waals surface area contributed by atoms with E-state index in [-0.39, 0.29) is 6.61 Å². The minimum atomic E-state index is -0.606. The van der Waals surface area contributed by atoms with Gasteiger partial charge in [-0.15, -0.1) is 0 Å². The summed E-state index contributed by atoms with van der Waals surface area (Å²) < 4.78 is 0. The molecule has 2 rings (SSSR count). The first-order valence-electron chi connectivity index (χ1n) is 5.57. The summed E-state index contributed by atoms with van der Waals surface area (Å²) in [5, 5.41) is 21.3. The highest BCUT2D eigenvalue weighted by atomic mass is 16.3. The summed E-state index contributed by atoms with van der Waals surface area (Å²) in [5.41, 5.74) is 0. The number of hydrogen-bond donors (Lipinski definition) is 3. The Balaban J connectivity index is 1.76. The van der Waals surface area contributed by atoms with Crippen molar-refractivity contribution in [3.05, 3.63) is 0 Å². The van der Waals surface area contributed by atoms with Crippen LogP contribution in [0.2, 0.25) is 0 Å². The Hall–Kier alpha value is -0.160. The van der Waals surface area contributed by atoms with Crippen LogP contribution in [0.4, 0.5) is 0 Å². The van der Waals surface area contributed by atoms with Gasteiger partial charge in [0.15, 0.2) is 0 Å². The summed E-state index contributed by atoms with van der Waals surface area (Å²) in [4.78, 5) is 2.53. The van der Waals surface area contributed by atoms with Crippen LogP contribution in [0.15, 0.2) is 0 Å². The van der Waals surface area contributed by atoms with Crippen LogP contribution in [0, 0.1) is 0 Å². The molecule has 4 nitrogen and oxygen atoms in total. The summed E-state index contributed by atoms with van der Waals surface area (Å²) in [7, 11) is 0. The maximum absolute atomic E-state index is 9.23. The van der Waals surface area contributed by atoms with E-state index in [1.54, 1.807) is 0 Å². The number of aliphatic hydroxyl groups excluding tert-OH is 2. The molecule has 2 fully saturated rings. The van der Waals surface area contributed by atoms with Crippen LogP contribution in [0.25, 0.3) is 0 Å². The Morgan fingerprint density at radius 1 is 1.36 bits per heavy atom. The molecule has 0 aromatic rings. The Morgan fingerprint density at radius 2 is 2.21 bits per heavy atom. The Kier molecular flexibility index (Phi) is 3.38. The summed E-state index contributed by atoms with van der Waals surface area (Å²) in [6, 6.07) is 1.21. The summed E-state index contributed by atoms with van der Waals surface area (Å²) in [6.45, 7) is 2.81. The van der Waals surface area contributed by atoms with Crippen molar-refractivity contribution < 1.29 is 10.2 Å².